The van der Waals surface area contributed by atoms with Crippen molar-refractivity contribution in [2.45, 2.75) is 13.8 Å². The lowest BCUT2D eigenvalue weighted by atomic mass is 10.1. The molecule has 3 rings (SSSR count). The molecule has 19 heavy (non-hydrogen) atoms. The summed E-state index contributed by atoms with van der Waals surface area (Å²) in [6.07, 6.45) is 0. The van der Waals surface area contributed by atoms with Crippen molar-refractivity contribution in [2.24, 2.45) is 7.05 Å². The van der Waals surface area contributed by atoms with E-state index >= 15 is 0 Å². The molecule has 0 N–H and O–H groups in total. The lowest BCUT2D eigenvalue weighted by molar-refractivity contribution is 0.636. The first-order chi connectivity index (χ1) is 9.08. The van der Waals surface area contributed by atoms with Crippen LogP contribution in [0.15, 0.2) is 24.3 Å². The van der Waals surface area contributed by atoms with Gasteiger partial charge in [0.05, 0.1) is 0 Å². The Labute approximate surface area is 109 Å². The number of nitrogens with zero attached hydrogens (tertiary/aromatic N) is 4. The molecule has 0 fully saturated rings. The number of aromatic nitrogens is 4. The normalized spacial score (nSPS) is 11.2. The molecule has 1 aromatic carbocycles. The average Bonchev–Trinajstić information content (AvgIpc) is 2.72. The topological polar surface area (TPSA) is 43.6 Å². The second-order valence-electron chi connectivity index (χ2n) is 4.57. The lowest BCUT2D eigenvalue weighted by Crippen LogP contribution is -1.97. The largest absolute Gasteiger partial charge is 0.314 e. The first-order valence-electron chi connectivity index (χ1n) is 6.00. The highest BCUT2D eigenvalue weighted by Crippen LogP contribution is 2.28. The number of fused-ring (bicyclic) bond motifs is 1. The first kappa shape index (κ1) is 11.8. The molecule has 5 heteroatoms. The van der Waals surface area contributed by atoms with E-state index in [4.69, 9.17) is 0 Å². The monoisotopic (exact) mass is 256 g/mol. The highest BCUT2D eigenvalue weighted by atomic mass is 19.1. The summed E-state index contributed by atoms with van der Waals surface area (Å²) in [6, 6.07) is 6.89. The van der Waals surface area contributed by atoms with Crippen molar-refractivity contribution >= 4 is 10.9 Å². The fourth-order valence-corrected chi connectivity index (χ4v) is 2.12. The van der Waals surface area contributed by atoms with Gasteiger partial charge in [-0.25, -0.2) is 4.39 Å². The molecule has 0 aliphatic rings. The molecule has 0 saturated carbocycles. The van der Waals surface area contributed by atoms with E-state index in [1.807, 2.05) is 37.6 Å². The summed E-state index contributed by atoms with van der Waals surface area (Å²) in [5.74, 6) is 1.21. The van der Waals surface area contributed by atoms with Gasteiger partial charge < -0.3 is 4.57 Å². The Hall–Kier alpha value is -2.30. The summed E-state index contributed by atoms with van der Waals surface area (Å²) in [5.41, 5.74) is 2.00. The van der Waals surface area contributed by atoms with Crippen molar-refractivity contribution < 1.29 is 4.39 Å². The molecule has 3 aromatic rings. The number of hydrogen-bond donors (Lipinski definition) is 0. The lowest BCUT2D eigenvalue weighted by Gasteiger charge is -2.07. The Kier molecular flexibility index (Phi) is 2.55. The molecule has 0 saturated heterocycles. The second kappa shape index (κ2) is 4.12. The van der Waals surface area contributed by atoms with Crippen LogP contribution in [0.5, 0.6) is 0 Å². The van der Waals surface area contributed by atoms with Crippen LogP contribution in [0.1, 0.15) is 11.5 Å². The van der Waals surface area contributed by atoms with Gasteiger partial charge in [0.15, 0.2) is 5.82 Å². The average molecular weight is 256 g/mol. The Morgan fingerprint density at radius 1 is 1.05 bits per heavy atom. The number of rotatable bonds is 1. The summed E-state index contributed by atoms with van der Waals surface area (Å²) < 4.78 is 15.7. The molecule has 2 heterocycles. The molecule has 96 valence electrons. The maximum atomic E-state index is 13.9. The van der Waals surface area contributed by atoms with E-state index in [0.717, 1.165) is 22.5 Å². The number of halogens is 1. The van der Waals surface area contributed by atoms with Gasteiger partial charge in [0.1, 0.15) is 17.2 Å². The van der Waals surface area contributed by atoms with Crippen molar-refractivity contribution in [3.05, 3.63) is 41.6 Å². The Morgan fingerprint density at radius 2 is 1.84 bits per heavy atom. The van der Waals surface area contributed by atoms with Crippen molar-refractivity contribution in [2.75, 3.05) is 0 Å². The number of benzene rings is 1. The summed E-state index contributed by atoms with van der Waals surface area (Å²) in [7, 11) is 1.89. The minimum Gasteiger partial charge on any atom is -0.314 e. The third kappa shape index (κ3) is 1.78. The van der Waals surface area contributed by atoms with Crippen LogP contribution in [-0.4, -0.2) is 19.7 Å². The molecule has 0 atom stereocenters. The zero-order chi connectivity index (χ0) is 13.6. The van der Waals surface area contributed by atoms with Crippen LogP contribution < -0.4 is 0 Å². The van der Waals surface area contributed by atoms with Crippen molar-refractivity contribution in [3.63, 3.8) is 0 Å². The van der Waals surface area contributed by atoms with Crippen LogP contribution in [0.2, 0.25) is 0 Å². The van der Waals surface area contributed by atoms with Crippen LogP contribution in [0.4, 0.5) is 4.39 Å². The Morgan fingerprint density at radius 3 is 2.53 bits per heavy atom. The SMILES string of the molecule is Cc1ccc2c(-c3nnc(C)n3C)ccc(F)c2n1. The van der Waals surface area contributed by atoms with Crippen molar-refractivity contribution in [1.82, 2.24) is 19.7 Å². The number of aryl methyl sites for hydroxylation is 2. The van der Waals surface area contributed by atoms with Crippen LogP contribution in [0, 0.1) is 19.7 Å². The van der Waals surface area contributed by atoms with Gasteiger partial charge in [-0.05, 0) is 32.0 Å². The van der Waals surface area contributed by atoms with Gasteiger partial charge in [0.25, 0.3) is 0 Å². The predicted octanol–water partition coefficient (Wildman–Crippen LogP) is 2.79. The van der Waals surface area contributed by atoms with Crippen LogP contribution >= 0.6 is 0 Å². The second-order valence-corrected chi connectivity index (χ2v) is 4.57. The zero-order valence-corrected chi connectivity index (χ0v) is 11.0. The summed E-state index contributed by atoms with van der Waals surface area (Å²) >= 11 is 0. The fraction of sp³-hybridized carbons (Fsp3) is 0.214. The van der Waals surface area contributed by atoms with Crippen LogP contribution in [-0.2, 0) is 7.05 Å². The predicted molar refractivity (Wildman–Crippen MR) is 71.2 cm³/mol. The van der Waals surface area contributed by atoms with Gasteiger partial charge in [-0.2, -0.15) is 0 Å². The summed E-state index contributed by atoms with van der Waals surface area (Å²) in [5, 5.41) is 8.94. The number of hydrogen-bond acceptors (Lipinski definition) is 3. The summed E-state index contributed by atoms with van der Waals surface area (Å²) in [6.45, 7) is 3.72. The van der Waals surface area contributed by atoms with E-state index in [-0.39, 0.29) is 5.82 Å². The maximum absolute atomic E-state index is 13.9. The molecule has 0 amide bonds. The van der Waals surface area contributed by atoms with Gasteiger partial charge in [-0.1, -0.05) is 6.07 Å². The van der Waals surface area contributed by atoms with Gasteiger partial charge in [0.2, 0.25) is 0 Å². The Balaban J connectivity index is 2.37. The van der Waals surface area contributed by atoms with Gasteiger partial charge in [-0.3, -0.25) is 4.98 Å². The molecule has 0 radical (unpaired) electrons. The smallest absolute Gasteiger partial charge is 0.164 e. The molecule has 0 spiro atoms. The summed E-state index contributed by atoms with van der Waals surface area (Å²) in [4.78, 5) is 4.27. The third-order valence-corrected chi connectivity index (χ3v) is 3.28. The highest BCUT2D eigenvalue weighted by molar-refractivity contribution is 5.93. The van der Waals surface area contributed by atoms with E-state index in [2.05, 4.69) is 15.2 Å². The van der Waals surface area contributed by atoms with E-state index in [1.54, 1.807) is 6.07 Å². The minimum absolute atomic E-state index is 0.318. The van der Waals surface area contributed by atoms with E-state index in [1.165, 1.54) is 6.07 Å². The molecule has 0 aliphatic carbocycles. The quantitative estimate of drug-likeness (QED) is 0.672. The molecule has 0 bridgehead atoms. The van der Waals surface area contributed by atoms with E-state index < -0.39 is 0 Å². The standard InChI is InChI=1S/C14H13FN4/c1-8-4-5-10-11(6-7-12(15)13(10)16-8)14-18-17-9(2)19(14)3/h4-7H,1-3H3. The molecular weight excluding hydrogens is 243 g/mol. The van der Waals surface area contributed by atoms with Gasteiger partial charge in [0, 0.05) is 23.7 Å². The van der Waals surface area contributed by atoms with E-state index in [0.29, 0.717) is 11.3 Å². The van der Waals surface area contributed by atoms with Crippen LogP contribution in [0.25, 0.3) is 22.3 Å². The number of pyridine rings is 1. The molecule has 0 aliphatic heterocycles. The fourth-order valence-electron chi connectivity index (χ4n) is 2.12. The minimum atomic E-state index is -0.318. The van der Waals surface area contributed by atoms with Gasteiger partial charge >= 0.3 is 0 Å². The van der Waals surface area contributed by atoms with Gasteiger partial charge in [-0.15, -0.1) is 10.2 Å². The molecule has 4 nitrogen and oxygen atoms in total. The molecular formula is C14H13FN4. The third-order valence-electron chi connectivity index (χ3n) is 3.28. The Bertz CT molecular complexity index is 776. The zero-order valence-electron chi connectivity index (χ0n) is 11.0. The molecule has 2 aromatic heterocycles. The van der Waals surface area contributed by atoms with Crippen molar-refractivity contribution in [3.8, 4) is 11.4 Å². The van der Waals surface area contributed by atoms with Crippen molar-refractivity contribution in [1.29, 1.82) is 0 Å². The van der Waals surface area contributed by atoms with Crippen LogP contribution in [0.3, 0.4) is 0 Å². The molecule has 0 unspecified atom stereocenters. The first-order valence-corrected chi connectivity index (χ1v) is 6.00. The maximum Gasteiger partial charge on any atom is 0.164 e. The highest BCUT2D eigenvalue weighted by Gasteiger charge is 2.14. The van der Waals surface area contributed by atoms with E-state index in [9.17, 15) is 4.39 Å².